The highest BCUT2D eigenvalue weighted by atomic mass is 35.5. The maximum absolute atomic E-state index is 12.2. The first-order valence-corrected chi connectivity index (χ1v) is 9.17. The van der Waals surface area contributed by atoms with Crippen molar-refractivity contribution in [1.82, 2.24) is 0 Å². The Hall–Kier alpha value is -2.41. The number of benzene rings is 1. The molecule has 0 aliphatic heterocycles. The van der Waals surface area contributed by atoms with Crippen molar-refractivity contribution in [3.8, 4) is 0 Å². The predicted octanol–water partition coefficient (Wildman–Crippen LogP) is 3.74. The summed E-state index contributed by atoms with van der Waals surface area (Å²) in [6.07, 6.45) is 2.35. The van der Waals surface area contributed by atoms with Crippen LogP contribution in [0.1, 0.15) is 44.0 Å². The van der Waals surface area contributed by atoms with Crippen LogP contribution in [0.3, 0.4) is 0 Å². The molecule has 0 radical (unpaired) electrons. The van der Waals surface area contributed by atoms with E-state index in [4.69, 9.17) is 25.8 Å². The van der Waals surface area contributed by atoms with Crippen LogP contribution in [0.4, 0.5) is 5.69 Å². The molecule has 1 rings (SSSR count). The Balaban J connectivity index is 3.07. The van der Waals surface area contributed by atoms with E-state index in [1.54, 1.807) is 19.1 Å². The Morgan fingerprint density at radius 3 is 2.15 bits per heavy atom. The first-order chi connectivity index (χ1) is 13.0. The topological polar surface area (TPSA) is 91.3 Å². The van der Waals surface area contributed by atoms with Crippen molar-refractivity contribution in [2.24, 2.45) is 10.9 Å². The molecule has 0 aliphatic rings. The largest absolute Gasteiger partial charge is 0.465 e. The molecule has 0 spiro atoms. The Labute approximate surface area is 163 Å². The molecule has 0 N–H and O–H groups in total. The quantitative estimate of drug-likeness (QED) is 0.258. The number of hydrogen-bond donors (Lipinski definition) is 0. The SMILES string of the molecule is CCCOC(=O)C(C=Nc1cccc(C(=O)OCC)c1Cl)C(=O)OCCC. The second kappa shape index (κ2) is 12.1. The van der Waals surface area contributed by atoms with Gasteiger partial charge in [-0.15, -0.1) is 0 Å². The highest BCUT2D eigenvalue weighted by Crippen LogP contribution is 2.29. The zero-order valence-corrected chi connectivity index (χ0v) is 16.5. The van der Waals surface area contributed by atoms with Gasteiger partial charge in [-0.3, -0.25) is 14.6 Å². The van der Waals surface area contributed by atoms with Crippen molar-refractivity contribution in [3.63, 3.8) is 0 Å². The van der Waals surface area contributed by atoms with Gasteiger partial charge in [0.15, 0.2) is 5.92 Å². The van der Waals surface area contributed by atoms with Crippen LogP contribution in [0.2, 0.25) is 5.02 Å². The molecule has 0 bridgehead atoms. The first-order valence-electron chi connectivity index (χ1n) is 8.79. The number of carbonyl (C=O) groups excluding carboxylic acids is 3. The van der Waals surface area contributed by atoms with E-state index >= 15 is 0 Å². The maximum atomic E-state index is 12.2. The smallest absolute Gasteiger partial charge is 0.339 e. The van der Waals surface area contributed by atoms with Crippen LogP contribution in [0.5, 0.6) is 0 Å². The monoisotopic (exact) mass is 397 g/mol. The van der Waals surface area contributed by atoms with Gasteiger partial charge in [-0.05, 0) is 31.9 Å². The van der Waals surface area contributed by atoms with Crippen molar-refractivity contribution >= 4 is 41.4 Å². The lowest BCUT2D eigenvalue weighted by atomic mass is 10.1. The van der Waals surface area contributed by atoms with Gasteiger partial charge in [0.2, 0.25) is 0 Å². The number of nitrogens with zero attached hydrogens (tertiary/aromatic N) is 1. The molecule has 0 fully saturated rings. The fraction of sp³-hybridized carbons (Fsp3) is 0.474. The molecule has 0 atom stereocenters. The van der Waals surface area contributed by atoms with Crippen LogP contribution < -0.4 is 0 Å². The van der Waals surface area contributed by atoms with E-state index in [0.717, 1.165) is 6.21 Å². The van der Waals surface area contributed by atoms with Gasteiger partial charge >= 0.3 is 17.9 Å². The Kier molecular flexibility index (Phi) is 10.1. The second-order valence-corrected chi connectivity index (χ2v) is 5.83. The van der Waals surface area contributed by atoms with Crippen molar-refractivity contribution < 1.29 is 28.6 Å². The van der Waals surface area contributed by atoms with Gasteiger partial charge < -0.3 is 14.2 Å². The summed E-state index contributed by atoms with van der Waals surface area (Å²) >= 11 is 6.20. The number of aliphatic imine (C=N–C) groups is 1. The van der Waals surface area contributed by atoms with Gasteiger partial charge in [0.05, 0.1) is 36.1 Å². The number of esters is 3. The van der Waals surface area contributed by atoms with E-state index < -0.39 is 23.8 Å². The summed E-state index contributed by atoms with van der Waals surface area (Å²) in [4.78, 5) is 40.3. The third-order valence-corrected chi connectivity index (χ3v) is 3.64. The minimum atomic E-state index is -1.31. The van der Waals surface area contributed by atoms with Gasteiger partial charge in [-0.1, -0.05) is 31.5 Å². The van der Waals surface area contributed by atoms with Gasteiger partial charge in [0, 0.05) is 6.21 Å². The molecular formula is C19H24ClNO6. The summed E-state index contributed by atoms with van der Waals surface area (Å²) in [6.45, 7) is 5.94. The number of halogens is 1. The number of carbonyl (C=O) groups is 3. The molecule has 1 aromatic rings. The number of rotatable bonds is 10. The Morgan fingerprint density at radius 1 is 1.04 bits per heavy atom. The molecule has 0 aliphatic carbocycles. The standard InChI is InChI=1S/C19H24ClNO6/c1-4-10-26-18(23)14(19(24)27-11-5-2)12-21-15-9-7-8-13(16(15)20)17(22)25-6-3/h7-9,12,14H,4-6,10-11H2,1-3H3. The zero-order valence-electron chi connectivity index (χ0n) is 15.7. The molecule has 0 heterocycles. The van der Waals surface area contributed by atoms with Crippen LogP contribution in [0, 0.1) is 5.92 Å². The van der Waals surface area contributed by atoms with Crippen LogP contribution >= 0.6 is 11.6 Å². The van der Waals surface area contributed by atoms with E-state index in [2.05, 4.69) is 4.99 Å². The van der Waals surface area contributed by atoms with Crippen molar-refractivity contribution in [2.75, 3.05) is 19.8 Å². The van der Waals surface area contributed by atoms with Gasteiger partial charge in [-0.2, -0.15) is 0 Å². The summed E-state index contributed by atoms with van der Waals surface area (Å²) in [5.74, 6) is -3.40. The molecule has 0 aromatic heterocycles. The molecule has 1 aromatic carbocycles. The minimum Gasteiger partial charge on any atom is -0.465 e. The van der Waals surface area contributed by atoms with Crippen LogP contribution in [-0.2, 0) is 23.8 Å². The lowest BCUT2D eigenvalue weighted by Crippen LogP contribution is -2.29. The number of hydrogen-bond acceptors (Lipinski definition) is 7. The van der Waals surface area contributed by atoms with E-state index in [-0.39, 0.29) is 36.1 Å². The highest BCUT2D eigenvalue weighted by molar-refractivity contribution is 6.36. The zero-order chi connectivity index (χ0) is 20.2. The lowest BCUT2D eigenvalue weighted by Gasteiger charge is -2.11. The van der Waals surface area contributed by atoms with Crippen LogP contribution in [0.25, 0.3) is 0 Å². The molecule has 0 amide bonds. The predicted molar refractivity (Wildman–Crippen MR) is 102 cm³/mol. The number of ether oxygens (including phenoxy) is 3. The van der Waals surface area contributed by atoms with Gasteiger partial charge in [0.1, 0.15) is 0 Å². The third kappa shape index (κ3) is 7.02. The van der Waals surface area contributed by atoms with Crippen LogP contribution in [-0.4, -0.2) is 43.9 Å². The van der Waals surface area contributed by atoms with Crippen molar-refractivity contribution in [3.05, 3.63) is 28.8 Å². The van der Waals surface area contributed by atoms with Crippen molar-refractivity contribution in [2.45, 2.75) is 33.6 Å². The average Bonchev–Trinajstić information content (AvgIpc) is 2.66. The molecule has 7 nitrogen and oxygen atoms in total. The molecule has 0 saturated heterocycles. The molecule has 8 heteroatoms. The third-order valence-electron chi connectivity index (χ3n) is 3.24. The highest BCUT2D eigenvalue weighted by Gasteiger charge is 2.28. The Bertz CT molecular complexity index is 669. The summed E-state index contributed by atoms with van der Waals surface area (Å²) < 4.78 is 15.0. The summed E-state index contributed by atoms with van der Waals surface area (Å²) in [5, 5.41) is 0.0646. The average molecular weight is 398 g/mol. The van der Waals surface area contributed by atoms with E-state index in [0.29, 0.717) is 12.8 Å². The first kappa shape index (κ1) is 22.6. The minimum absolute atomic E-state index is 0.0646. The molecule has 0 unspecified atom stereocenters. The molecular weight excluding hydrogens is 374 g/mol. The van der Waals surface area contributed by atoms with Gasteiger partial charge in [0.25, 0.3) is 0 Å². The molecule has 27 heavy (non-hydrogen) atoms. The normalized spacial score (nSPS) is 10.9. The summed E-state index contributed by atoms with van der Waals surface area (Å²) in [5.41, 5.74) is 0.366. The fourth-order valence-corrected chi connectivity index (χ4v) is 2.20. The lowest BCUT2D eigenvalue weighted by molar-refractivity contribution is -0.158. The van der Waals surface area contributed by atoms with Gasteiger partial charge in [-0.25, -0.2) is 4.79 Å². The van der Waals surface area contributed by atoms with E-state index in [1.807, 2.05) is 13.8 Å². The Morgan fingerprint density at radius 2 is 1.63 bits per heavy atom. The molecule has 0 saturated carbocycles. The molecule has 148 valence electrons. The van der Waals surface area contributed by atoms with Crippen LogP contribution in [0.15, 0.2) is 23.2 Å². The summed E-state index contributed by atoms with van der Waals surface area (Å²) in [6, 6.07) is 4.62. The van der Waals surface area contributed by atoms with E-state index in [9.17, 15) is 14.4 Å². The van der Waals surface area contributed by atoms with E-state index in [1.165, 1.54) is 6.07 Å². The second-order valence-electron chi connectivity index (χ2n) is 5.45. The van der Waals surface area contributed by atoms with Crippen molar-refractivity contribution in [1.29, 1.82) is 0 Å². The fourth-order valence-electron chi connectivity index (χ4n) is 1.94. The summed E-state index contributed by atoms with van der Waals surface area (Å²) in [7, 11) is 0. The maximum Gasteiger partial charge on any atom is 0.339 e.